The van der Waals surface area contributed by atoms with Crippen molar-refractivity contribution in [3.63, 3.8) is 0 Å². The number of nitriles is 1. The molecule has 1 aliphatic rings. The second-order valence-corrected chi connectivity index (χ2v) is 6.66. The maximum atomic E-state index is 12.0. The maximum Gasteiger partial charge on any atom is 0.364 e. The van der Waals surface area contributed by atoms with E-state index in [1.165, 1.54) is 6.20 Å². The van der Waals surface area contributed by atoms with Crippen LogP contribution in [-0.4, -0.2) is 16.9 Å². The second-order valence-electron chi connectivity index (χ2n) is 6.66. The Balaban J connectivity index is 2.22. The average Bonchev–Trinajstić information content (AvgIpc) is 2.91. The predicted molar refractivity (Wildman–Crippen MR) is 94.6 cm³/mol. The van der Waals surface area contributed by atoms with Crippen molar-refractivity contribution in [2.75, 3.05) is 0 Å². The number of aliphatic imine (C=N–C) groups is 1. The molecule has 5 heteroatoms. The number of allylic oxidation sites excluding steroid dienone is 2. The number of carbonyl (C=O) groups is 1. The first kappa shape index (κ1) is 16.6. The van der Waals surface area contributed by atoms with Crippen molar-refractivity contribution in [2.45, 2.75) is 20.8 Å². The van der Waals surface area contributed by atoms with Gasteiger partial charge in [0.2, 0.25) is 5.90 Å². The van der Waals surface area contributed by atoms with Crippen molar-refractivity contribution in [3.8, 4) is 6.07 Å². The molecule has 0 spiro atoms. The zero-order valence-corrected chi connectivity index (χ0v) is 14.3. The number of hydrogen-bond donors (Lipinski definition) is 0. The van der Waals surface area contributed by atoms with Gasteiger partial charge < -0.3 is 4.74 Å². The summed E-state index contributed by atoms with van der Waals surface area (Å²) in [5.74, 6) is -0.345. The van der Waals surface area contributed by atoms with E-state index in [4.69, 9.17) is 4.74 Å². The van der Waals surface area contributed by atoms with E-state index in [2.05, 4.69) is 16.0 Å². The first-order chi connectivity index (χ1) is 11.9. The minimum absolute atomic E-state index is 0.182. The van der Waals surface area contributed by atoms with E-state index in [-0.39, 0.29) is 11.6 Å². The normalized spacial score (nSPS) is 16.1. The third-order valence-electron chi connectivity index (χ3n) is 3.76. The van der Waals surface area contributed by atoms with Crippen LogP contribution in [0.25, 0.3) is 5.57 Å². The number of aromatic nitrogens is 1. The lowest BCUT2D eigenvalue weighted by molar-refractivity contribution is 0.0731. The highest BCUT2D eigenvalue weighted by Gasteiger charge is 2.31. The highest BCUT2D eigenvalue weighted by Crippen LogP contribution is 2.34. The van der Waals surface area contributed by atoms with Gasteiger partial charge >= 0.3 is 5.97 Å². The van der Waals surface area contributed by atoms with Crippen molar-refractivity contribution >= 4 is 17.4 Å². The van der Waals surface area contributed by atoms with Gasteiger partial charge in [-0.15, -0.1) is 0 Å². The fourth-order valence-electron chi connectivity index (χ4n) is 2.57. The van der Waals surface area contributed by atoms with Gasteiger partial charge in [0.05, 0.1) is 16.8 Å². The summed E-state index contributed by atoms with van der Waals surface area (Å²) >= 11 is 0. The van der Waals surface area contributed by atoms with E-state index in [1.807, 2.05) is 51.1 Å². The maximum absolute atomic E-state index is 12.0. The fraction of sp³-hybridized carbons (Fsp3) is 0.200. The highest BCUT2D eigenvalue weighted by molar-refractivity contribution is 6.16. The molecule has 0 fully saturated rings. The molecule has 0 bridgehead atoms. The number of ether oxygens (including phenoxy) is 1. The van der Waals surface area contributed by atoms with Crippen LogP contribution >= 0.6 is 0 Å². The molecular weight excluding hydrogens is 314 g/mol. The summed E-state index contributed by atoms with van der Waals surface area (Å²) in [6, 6.07) is 15.1. The number of cyclic esters (lactones) is 1. The molecule has 3 rings (SSSR count). The summed E-state index contributed by atoms with van der Waals surface area (Å²) in [4.78, 5) is 20.6. The summed E-state index contributed by atoms with van der Waals surface area (Å²) in [5.41, 5.74) is 2.14. The Hall–Kier alpha value is -3.26. The van der Waals surface area contributed by atoms with E-state index in [0.29, 0.717) is 16.8 Å². The Morgan fingerprint density at radius 3 is 2.52 bits per heavy atom. The van der Waals surface area contributed by atoms with Gasteiger partial charge in [-0.25, -0.2) is 14.8 Å². The number of benzene rings is 1. The van der Waals surface area contributed by atoms with Crippen LogP contribution in [0.15, 0.2) is 59.4 Å². The van der Waals surface area contributed by atoms with Crippen LogP contribution < -0.4 is 0 Å². The molecule has 2 heterocycles. The van der Waals surface area contributed by atoms with Crippen molar-refractivity contribution in [3.05, 3.63) is 71.2 Å². The van der Waals surface area contributed by atoms with Crippen LogP contribution in [-0.2, 0) is 4.74 Å². The molecule has 0 saturated heterocycles. The zero-order chi connectivity index (χ0) is 18.0. The number of rotatable bonds is 2. The van der Waals surface area contributed by atoms with E-state index < -0.39 is 11.4 Å². The highest BCUT2D eigenvalue weighted by atomic mass is 16.5. The van der Waals surface area contributed by atoms with Crippen LogP contribution in [0, 0.1) is 16.7 Å². The quantitative estimate of drug-likeness (QED) is 0.616. The number of fused-ring (bicyclic) bond motifs is 1. The third kappa shape index (κ3) is 3.20. The van der Waals surface area contributed by atoms with Gasteiger partial charge in [-0.3, -0.25) is 0 Å². The molecule has 0 N–H and O–H groups in total. The van der Waals surface area contributed by atoms with Gasteiger partial charge in [-0.1, -0.05) is 51.1 Å². The monoisotopic (exact) mass is 331 g/mol. The molecule has 0 aliphatic carbocycles. The largest absolute Gasteiger partial charge is 0.402 e. The molecule has 5 nitrogen and oxygen atoms in total. The summed E-state index contributed by atoms with van der Waals surface area (Å²) in [7, 11) is 0. The molecule has 0 amide bonds. The van der Waals surface area contributed by atoms with E-state index in [0.717, 1.165) is 5.56 Å². The molecule has 1 aromatic heterocycles. The number of pyridine rings is 1. The van der Waals surface area contributed by atoms with Crippen molar-refractivity contribution < 1.29 is 9.53 Å². The van der Waals surface area contributed by atoms with Crippen LogP contribution in [0.2, 0.25) is 0 Å². The summed E-state index contributed by atoms with van der Waals surface area (Å²) in [6.07, 6.45) is 1.54. The summed E-state index contributed by atoms with van der Waals surface area (Å²) in [6.45, 7) is 5.90. The van der Waals surface area contributed by atoms with Crippen LogP contribution in [0.4, 0.5) is 0 Å². The summed E-state index contributed by atoms with van der Waals surface area (Å²) < 4.78 is 5.29. The molecule has 1 aliphatic heterocycles. The van der Waals surface area contributed by atoms with Crippen LogP contribution in [0.3, 0.4) is 0 Å². The van der Waals surface area contributed by atoms with Gasteiger partial charge in [0.25, 0.3) is 0 Å². The number of hydrogen-bond acceptors (Lipinski definition) is 5. The lowest BCUT2D eigenvalue weighted by Crippen LogP contribution is -2.13. The number of carbonyl (C=O) groups excluding carboxylic acids is 1. The lowest BCUT2D eigenvalue weighted by atomic mass is 9.87. The van der Waals surface area contributed by atoms with Gasteiger partial charge in [-0.2, -0.15) is 5.26 Å². The first-order valence-corrected chi connectivity index (χ1v) is 7.88. The first-order valence-electron chi connectivity index (χ1n) is 7.88. The molecule has 0 radical (unpaired) electrons. The Kier molecular flexibility index (Phi) is 4.20. The van der Waals surface area contributed by atoms with Crippen LogP contribution in [0.1, 0.15) is 42.4 Å². The lowest BCUT2D eigenvalue weighted by Gasteiger charge is -2.21. The van der Waals surface area contributed by atoms with Gasteiger partial charge in [0.15, 0.2) is 5.69 Å². The Morgan fingerprint density at radius 2 is 1.88 bits per heavy atom. The Labute approximate surface area is 146 Å². The fourth-order valence-corrected chi connectivity index (χ4v) is 2.57. The minimum atomic E-state index is -0.527. The SMILES string of the molecule is CC(C)(C)/C(N=C1OC(=O)c2ncccc21)=C(\C#N)c1ccccc1. The Bertz CT molecular complexity index is 929. The third-order valence-corrected chi connectivity index (χ3v) is 3.76. The van der Waals surface area contributed by atoms with E-state index in [9.17, 15) is 10.1 Å². The molecular formula is C20H17N3O2. The molecule has 2 aromatic rings. The minimum Gasteiger partial charge on any atom is -0.402 e. The molecule has 0 atom stereocenters. The van der Waals surface area contributed by atoms with Crippen molar-refractivity contribution in [1.29, 1.82) is 5.26 Å². The van der Waals surface area contributed by atoms with Gasteiger partial charge in [-0.05, 0) is 17.7 Å². The van der Waals surface area contributed by atoms with E-state index in [1.54, 1.807) is 12.1 Å². The summed E-state index contributed by atoms with van der Waals surface area (Å²) in [5, 5.41) is 9.74. The number of nitrogens with zero attached hydrogens (tertiary/aromatic N) is 3. The van der Waals surface area contributed by atoms with Gasteiger partial charge in [0, 0.05) is 11.6 Å². The average molecular weight is 331 g/mol. The van der Waals surface area contributed by atoms with Gasteiger partial charge in [0.1, 0.15) is 6.07 Å². The van der Waals surface area contributed by atoms with Crippen molar-refractivity contribution in [2.24, 2.45) is 10.4 Å². The standard InChI is InChI=1S/C20H17N3O2/c1-20(2,3)17(15(12-21)13-8-5-4-6-9-13)23-18-14-10-7-11-22-16(14)19(24)25-18/h4-11H,1-3H3/b17-15-,23-18?. The van der Waals surface area contributed by atoms with Crippen LogP contribution in [0.5, 0.6) is 0 Å². The molecule has 0 saturated carbocycles. The molecule has 124 valence electrons. The topological polar surface area (TPSA) is 75.3 Å². The van der Waals surface area contributed by atoms with E-state index >= 15 is 0 Å². The smallest absolute Gasteiger partial charge is 0.364 e. The molecule has 0 unspecified atom stereocenters. The van der Waals surface area contributed by atoms with Crippen molar-refractivity contribution in [1.82, 2.24) is 4.98 Å². The molecule has 25 heavy (non-hydrogen) atoms. The Morgan fingerprint density at radius 1 is 1.16 bits per heavy atom. The zero-order valence-electron chi connectivity index (χ0n) is 14.3. The molecule has 1 aromatic carbocycles. The predicted octanol–water partition coefficient (Wildman–Crippen LogP) is 3.98. The second kappa shape index (κ2) is 6.33. The number of esters is 1.